The summed E-state index contributed by atoms with van der Waals surface area (Å²) in [6.07, 6.45) is 0.0226. The summed E-state index contributed by atoms with van der Waals surface area (Å²) < 4.78 is 10.9. The number of carbonyl (C=O) groups excluding carboxylic acids is 3. The molecule has 1 atom stereocenters. The minimum Gasteiger partial charge on any atom is -0.457 e. The number of para-hydroxylation sites is 1. The van der Waals surface area contributed by atoms with E-state index in [4.69, 9.17) is 21.1 Å². The highest BCUT2D eigenvalue weighted by Gasteiger charge is 2.36. The molecule has 3 aromatic carbocycles. The van der Waals surface area contributed by atoms with Gasteiger partial charge in [0.2, 0.25) is 5.91 Å². The fourth-order valence-corrected chi connectivity index (χ4v) is 3.72. The number of aryl methyl sites for hydroxylation is 1. The van der Waals surface area contributed by atoms with Crippen molar-refractivity contribution in [1.29, 1.82) is 0 Å². The van der Waals surface area contributed by atoms with Crippen molar-refractivity contribution < 1.29 is 23.9 Å². The summed E-state index contributed by atoms with van der Waals surface area (Å²) in [4.78, 5) is 38.6. The van der Waals surface area contributed by atoms with Crippen LogP contribution in [0.2, 0.25) is 5.02 Å². The Hall–Kier alpha value is -3.84. The Balaban J connectivity index is 1.25. The van der Waals surface area contributed by atoms with Crippen LogP contribution in [0, 0.1) is 12.8 Å². The molecular weight excluding hydrogens is 456 g/mol. The molecule has 4 rings (SSSR count). The minimum absolute atomic E-state index is 0.0226. The summed E-state index contributed by atoms with van der Waals surface area (Å²) in [6.45, 7) is 1.61. The number of anilines is 2. The number of hydrogen-bond acceptors (Lipinski definition) is 5. The van der Waals surface area contributed by atoms with Gasteiger partial charge in [0.1, 0.15) is 11.5 Å². The maximum absolute atomic E-state index is 12.4. The molecule has 8 heteroatoms. The van der Waals surface area contributed by atoms with Gasteiger partial charge in [0.25, 0.3) is 5.91 Å². The Morgan fingerprint density at radius 1 is 1.03 bits per heavy atom. The number of nitrogens with one attached hydrogen (secondary N) is 1. The predicted octanol–water partition coefficient (Wildman–Crippen LogP) is 4.98. The van der Waals surface area contributed by atoms with Gasteiger partial charge in [-0.15, -0.1) is 0 Å². The van der Waals surface area contributed by atoms with Gasteiger partial charge in [-0.25, -0.2) is 0 Å². The maximum Gasteiger partial charge on any atom is 0.311 e. The van der Waals surface area contributed by atoms with Crippen LogP contribution >= 0.6 is 11.6 Å². The number of halogens is 1. The van der Waals surface area contributed by atoms with E-state index in [1.165, 1.54) is 4.90 Å². The fourth-order valence-electron chi connectivity index (χ4n) is 3.55. The second kappa shape index (κ2) is 10.4. The van der Waals surface area contributed by atoms with Crippen molar-refractivity contribution in [3.05, 3.63) is 83.4 Å². The van der Waals surface area contributed by atoms with Crippen LogP contribution in [-0.2, 0) is 19.1 Å². The molecule has 3 aromatic rings. The Morgan fingerprint density at radius 3 is 2.44 bits per heavy atom. The highest BCUT2D eigenvalue weighted by Crippen LogP contribution is 2.29. The lowest BCUT2D eigenvalue weighted by Crippen LogP contribution is -2.28. The van der Waals surface area contributed by atoms with Gasteiger partial charge in [-0.1, -0.05) is 35.9 Å². The van der Waals surface area contributed by atoms with Crippen molar-refractivity contribution in [2.75, 3.05) is 23.4 Å². The van der Waals surface area contributed by atoms with Crippen molar-refractivity contribution in [2.45, 2.75) is 13.3 Å². The van der Waals surface area contributed by atoms with E-state index in [-0.39, 0.29) is 18.9 Å². The van der Waals surface area contributed by atoms with Crippen molar-refractivity contribution in [3.63, 3.8) is 0 Å². The summed E-state index contributed by atoms with van der Waals surface area (Å²) in [5.41, 5.74) is 2.07. The molecule has 2 amide bonds. The third-order valence-electron chi connectivity index (χ3n) is 5.39. The van der Waals surface area contributed by atoms with Crippen LogP contribution < -0.4 is 15.0 Å². The molecule has 0 spiro atoms. The second-order valence-corrected chi connectivity index (χ2v) is 8.34. The normalized spacial score (nSPS) is 15.2. The zero-order valence-electron chi connectivity index (χ0n) is 18.5. The number of amides is 2. The summed E-state index contributed by atoms with van der Waals surface area (Å²) in [7, 11) is 0. The van der Waals surface area contributed by atoms with Crippen LogP contribution in [0.3, 0.4) is 0 Å². The van der Waals surface area contributed by atoms with Crippen LogP contribution in [0.1, 0.15) is 12.0 Å². The molecule has 1 saturated heterocycles. The topological polar surface area (TPSA) is 84.9 Å². The van der Waals surface area contributed by atoms with E-state index < -0.39 is 24.4 Å². The highest BCUT2D eigenvalue weighted by atomic mass is 35.5. The molecule has 0 saturated carbocycles. The first-order valence-corrected chi connectivity index (χ1v) is 11.1. The Kier molecular flexibility index (Phi) is 7.13. The van der Waals surface area contributed by atoms with Crippen LogP contribution in [0.4, 0.5) is 11.4 Å². The Morgan fingerprint density at radius 2 is 1.74 bits per heavy atom. The number of esters is 1. The van der Waals surface area contributed by atoms with Gasteiger partial charge in [-0.05, 0) is 61.0 Å². The van der Waals surface area contributed by atoms with Crippen molar-refractivity contribution in [2.24, 2.45) is 5.92 Å². The fraction of sp³-hybridized carbons (Fsp3) is 0.192. The van der Waals surface area contributed by atoms with Crippen molar-refractivity contribution >= 4 is 40.8 Å². The van der Waals surface area contributed by atoms with Gasteiger partial charge in [0, 0.05) is 29.4 Å². The van der Waals surface area contributed by atoms with E-state index in [1.54, 1.807) is 36.4 Å². The maximum atomic E-state index is 12.4. The average Bonchev–Trinajstić information content (AvgIpc) is 3.23. The first-order valence-electron chi connectivity index (χ1n) is 10.7. The van der Waals surface area contributed by atoms with E-state index >= 15 is 0 Å². The summed E-state index contributed by atoms with van der Waals surface area (Å²) in [5, 5.41) is 3.22. The van der Waals surface area contributed by atoms with E-state index in [9.17, 15) is 14.4 Å². The standard InChI is InChI=1S/C26H23ClN2O5/c1-17-7-10-20(14-23(17)27)29-15-18(13-25(29)31)26(32)33-16-24(30)28-19-8-11-22(12-9-19)34-21-5-3-2-4-6-21/h2-12,14,18H,13,15-16H2,1H3,(H,28,30)/t18-/m1/s1. The first-order chi connectivity index (χ1) is 16.4. The largest absolute Gasteiger partial charge is 0.457 e. The molecule has 0 radical (unpaired) electrons. The van der Waals surface area contributed by atoms with E-state index in [2.05, 4.69) is 5.32 Å². The van der Waals surface area contributed by atoms with Gasteiger partial charge < -0.3 is 19.7 Å². The van der Waals surface area contributed by atoms with E-state index in [0.717, 1.165) is 5.56 Å². The molecule has 1 aliphatic rings. The smallest absolute Gasteiger partial charge is 0.311 e. The summed E-state index contributed by atoms with van der Waals surface area (Å²) in [5.74, 6) is -0.562. The number of ether oxygens (including phenoxy) is 2. The molecule has 34 heavy (non-hydrogen) atoms. The number of rotatable bonds is 7. The van der Waals surface area contributed by atoms with Crippen LogP contribution in [0.25, 0.3) is 0 Å². The highest BCUT2D eigenvalue weighted by molar-refractivity contribution is 6.31. The molecule has 0 bridgehead atoms. The van der Waals surface area contributed by atoms with Crippen LogP contribution in [-0.4, -0.2) is 30.9 Å². The number of hydrogen-bond donors (Lipinski definition) is 1. The Labute approximate surface area is 202 Å². The van der Waals surface area contributed by atoms with Crippen molar-refractivity contribution in [1.82, 2.24) is 0 Å². The monoisotopic (exact) mass is 478 g/mol. The minimum atomic E-state index is -0.644. The van der Waals surface area contributed by atoms with Crippen LogP contribution in [0.15, 0.2) is 72.8 Å². The van der Waals surface area contributed by atoms with Crippen LogP contribution in [0.5, 0.6) is 11.5 Å². The molecule has 1 fully saturated rings. The third kappa shape index (κ3) is 5.74. The summed E-state index contributed by atoms with van der Waals surface area (Å²) >= 11 is 6.15. The lowest BCUT2D eigenvalue weighted by molar-refractivity contribution is -0.151. The van der Waals surface area contributed by atoms with Gasteiger partial charge in [-0.2, -0.15) is 0 Å². The molecule has 1 N–H and O–H groups in total. The first kappa shape index (κ1) is 23.3. The van der Waals surface area contributed by atoms with Gasteiger partial charge in [-0.3, -0.25) is 14.4 Å². The molecule has 1 aliphatic heterocycles. The molecule has 0 aromatic heterocycles. The summed E-state index contributed by atoms with van der Waals surface area (Å²) in [6, 6.07) is 21.5. The zero-order valence-corrected chi connectivity index (χ0v) is 19.2. The molecule has 0 aliphatic carbocycles. The molecule has 0 unspecified atom stereocenters. The molecule has 174 valence electrons. The average molecular weight is 479 g/mol. The van der Waals surface area contributed by atoms with Crippen molar-refractivity contribution in [3.8, 4) is 11.5 Å². The predicted molar refractivity (Wildman–Crippen MR) is 129 cm³/mol. The SMILES string of the molecule is Cc1ccc(N2C[C@H](C(=O)OCC(=O)Nc3ccc(Oc4ccccc4)cc3)CC2=O)cc1Cl. The van der Waals surface area contributed by atoms with Gasteiger partial charge in [0.05, 0.1) is 5.92 Å². The quantitative estimate of drug-likeness (QED) is 0.484. The third-order valence-corrected chi connectivity index (χ3v) is 5.80. The van der Waals surface area contributed by atoms with E-state index in [1.807, 2.05) is 43.3 Å². The lowest BCUT2D eigenvalue weighted by Gasteiger charge is -2.17. The molecule has 1 heterocycles. The Bertz CT molecular complexity index is 1200. The van der Waals surface area contributed by atoms with E-state index in [0.29, 0.717) is 27.9 Å². The molecular formula is C26H23ClN2O5. The molecule has 7 nitrogen and oxygen atoms in total. The number of nitrogens with zero attached hydrogens (tertiary/aromatic N) is 1. The zero-order chi connectivity index (χ0) is 24.1. The number of benzene rings is 3. The van der Waals surface area contributed by atoms with Gasteiger partial charge >= 0.3 is 5.97 Å². The second-order valence-electron chi connectivity index (χ2n) is 7.93. The van der Waals surface area contributed by atoms with Gasteiger partial charge in [0.15, 0.2) is 6.61 Å². The number of carbonyl (C=O) groups is 3. The lowest BCUT2D eigenvalue weighted by atomic mass is 10.1.